The number of aliphatic hydroxyl groups is 1. The standard InChI is InChI=1S/C13H21N3O2/c17-13-3-1-2-11-10-14-12(16(11)13)4-5-15-6-8-18-9-7-15/h10,13,17H,1-9H2. The van der Waals surface area contributed by atoms with E-state index in [1.807, 2.05) is 10.8 Å². The van der Waals surface area contributed by atoms with E-state index >= 15 is 0 Å². The van der Waals surface area contributed by atoms with Crippen LogP contribution in [0.1, 0.15) is 30.6 Å². The molecule has 1 atom stereocenters. The largest absolute Gasteiger partial charge is 0.379 e. The van der Waals surface area contributed by atoms with Crippen LogP contribution >= 0.6 is 0 Å². The van der Waals surface area contributed by atoms with Gasteiger partial charge in [-0.3, -0.25) is 4.90 Å². The van der Waals surface area contributed by atoms with Gasteiger partial charge >= 0.3 is 0 Å². The van der Waals surface area contributed by atoms with Crippen molar-refractivity contribution >= 4 is 0 Å². The molecule has 1 N–H and O–H groups in total. The Morgan fingerprint density at radius 1 is 1.39 bits per heavy atom. The molecule has 18 heavy (non-hydrogen) atoms. The van der Waals surface area contributed by atoms with Crippen molar-refractivity contribution in [2.24, 2.45) is 0 Å². The highest BCUT2D eigenvalue weighted by molar-refractivity contribution is 5.09. The van der Waals surface area contributed by atoms with Crippen LogP contribution in [-0.4, -0.2) is 52.4 Å². The van der Waals surface area contributed by atoms with Crippen LogP contribution in [0, 0.1) is 0 Å². The molecule has 0 aromatic carbocycles. The van der Waals surface area contributed by atoms with Crippen molar-refractivity contribution in [3.8, 4) is 0 Å². The zero-order chi connectivity index (χ0) is 12.4. The fraction of sp³-hybridized carbons (Fsp3) is 0.769. The highest BCUT2D eigenvalue weighted by Crippen LogP contribution is 2.24. The van der Waals surface area contributed by atoms with E-state index in [1.165, 1.54) is 5.69 Å². The number of ether oxygens (including phenoxy) is 1. The summed E-state index contributed by atoms with van der Waals surface area (Å²) in [5.41, 5.74) is 1.19. The Kier molecular flexibility index (Phi) is 3.63. The van der Waals surface area contributed by atoms with Gasteiger partial charge in [0.25, 0.3) is 0 Å². The Hall–Kier alpha value is -0.910. The first-order valence-electron chi connectivity index (χ1n) is 6.88. The van der Waals surface area contributed by atoms with Crippen LogP contribution in [0.2, 0.25) is 0 Å². The molecule has 3 heterocycles. The van der Waals surface area contributed by atoms with Gasteiger partial charge in [0.15, 0.2) is 0 Å². The SMILES string of the molecule is OC1CCCc2cnc(CCN3CCOCC3)n21. The van der Waals surface area contributed by atoms with Gasteiger partial charge in [0.1, 0.15) is 12.1 Å². The molecular formula is C13H21N3O2. The summed E-state index contributed by atoms with van der Waals surface area (Å²) in [5.74, 6) is 1.03. The van der Waals surface area contributed by atoms with Crippen LogP contribution in [0.4, 0.5) is 0 Å². The lowest BCUT2D eigenvalue weighted by Crippen LogP contribution is -2.37. The van der Waals surface area contributed by atoms with Gasteiger partial charge in [0.05, 0.1) is 13.2 Å². The van der Waals surface area contributed by atoms with Crippen molar-refractivity contribution in [2.45, 2.75) is 31.9 Å². The quantitative estimate of drug-likeness (QED) is 0.854. The van der Waals surface area contributed by atoms with Crippen LogP contribution in [0.15, 0.2) is 6.20 Å². The molecule has 2 aliphatic heterocycles. The first-order chi connectivity index (χ1) is 8.84. The Morgan fingerprint density at radius 2 is 2.22 bits per heavy atom. The maximum Gasteiger partial charge on any atom is 0.132 e. The predicted molar refractivity (Wildman–Crippen MR) is 67.4 cm³/mol. The summed E-state index contributed by atoms with van der Waals surface area (Å²) in [6, 6.07) is 0. The van der Waals surface area contributed by atoms with Crippen LogP contribution in [-0.2, 0) is 17.6 Å². The zero-order valence-electron chi connectivity index (χ0n) is 10.7. The second-order valence-electron chi connectivity index (χ2n) is 5.11. The molecule has 1 fully saturated rings. The van der Waals surface area contributed by atoms with Crippen LogP contribution in [0.25, 0.3) is 0 Å². The molecule has 3 rings (SSSR count). The Bertz CT molecular complexity index is 399. The number of morpholine rings is 1. The van der Waals surface area contributed by atoms with E-state index in [4.69, 9.17) is 4.74 Å². The number of aromatic nitrogens is 2. The average Bonchev–Trinajstić information content (AvgIpc) is 2.82. The molecule has 5 nitrogen and oxygen atoms in total. The van der Waals surface area contributed by atoms with Crippen LogP contribution in [0.3, 0.4) is 0 Å². The lowest BCUT2D eigenvalue weighted by Gasteiger charge is -2.27. The molecule has 1 unspecified atom stereocenters. The molecule has 0 saturated carbocycles. The molecule has 5 heteroatoms. The monoisotopic (exact) mass is 251 g/mol. The third-order valence-electron chi connectivity index (χ3n) is 3.90. The second kappa shape index (κ2) is 5.38. The van der Waals surface area contributed by atoms with Gasteiger partial charge in [-0.25, -0.2) is 4.98 Å². The third kappa shape index (κ3) is 2.43. The third-order valence-corrected chi connectivity index (χ3v) is 3.90. The van der Waals surface area contributed by atoms with Crippen molar-refractivity contribution in [1.29, 1.82) is 0 Å². The minimum Gasteiger partial charge on any atom is -0.379 e. The van der Waals surface area contributed by atoms with Gasteiger partial charge < -0.3 is 14.4 Å². The van der Waals surface area contributed by atoms with Crippen molar-refractivity contribution in [2.75, 3.05) is 32.8 Å². The summed E-state index contributed by atoms with van der Waals surface area (Å²) in [5, 5.41) is 10.1. The van der Waals surface area contributed by atoms with Crippen molar-refractivity contribution in [1.82, 2.24) is 14.5 Å². The maximum absolute atomic E-state index is 10.1. The number of nitrogens with zero attached hydrogens (tertiary/aromatic N) is 3. The second-order valence-corrected chi connectivity index (χ2v) is 5.11. The highest BCUT2D eigenvalue weighted by atomic mass is 16.5. The number of hydrogen-bond donors (Lipinski definition) is 1. The van der Waals surface area contributed by atoms with Gasteiger partial charge in [-0.15, -0.1) is 0 Å². The van der Waals surface area contributed by atoms with Crippen molar-refractivity contribution < 1.29 is 9.84 Å². The highest BCUT2D eigenvalue weighted by Gasteiger charge is 2.21. The van der Waals surface area contributed by atoms with Gasteiger partial charge in [-0.2, -0.15) is 0 Å². The summed E-state index contributed by atoms with van der Waals surface area (Å²) < 4.78 is 7.37. The fourth-order valence-corrected chi connectivity index (χ4v) is 2.85. The van der Waals surface area contributed by atoms with Crippen LogP contribution < -0.4 is 0 Å². The molecule has 0 spiro atoms. The molecule has 1 aromatic heterocycles. The molecule has 100 valence electrons. The number of rotatable bonds is 3. The number of aryl methyl sites for hydroxylation is 1. The molecule has 0 amide bonds. The normalized spacial score (nSPS) is 25.1. The van der Waals surface area contributed by atoms with E-state index in [1.54, 1.807) is 0 Å². The van der Waals surface area contributed by atoms with Gasteiger partial charge in [-0.05, 0) is 19.3 Å². The summed E-state index contributed by atoms with van der Waals surface area (Å²) >= 11 is 0. The average molecular weight is 251 g/mol. The smallest absolute Gasteiger partial charge is 0.132 e. The summed E-state index contributed by atoms with van der Waals surface area (Å²) in [7, 11) is 0. The Labute approximate surface area is 107 Å². The predicted octanol–water partition coefficient (Wildman–Crippen LogP) is 0.585. The number of hydrogen-bond acceptors (Lipinski definition) is 4. The minimum absolute atomic E-state index is 0.365. The van der Waals surface area contributed by atoms with E-state index in [9.17, 15) is 5.11 Å². The molecule has 0 radical (unpaired) electrons. The van der Waals surface area contributed by atoms with Crippen molar-refractivity contribution in [3.63, 3.8) is 0 Å². The van der Waals surface area contributed by atoms with E-state index in [-0.39, 0.29) is 6.23 Å². The number of imidazole rings is 1. The molecule has 0 aliphatic carbocycles. The van der Waals surface area contributed by atoms with Crippen LogP contribution in [0.5, 0.6) is 0 Å². The van der Waals surface area contributed by atoms with Gasteiger partial charge in [0.2, 0.25) is 0 Å². The first-order valence-corrected chi connectivity index (χ1v) is 6.88. The fourth-order valence-electron chi connectivity index (χ4n) is 2.85. The summed E-state index contributed by atoms with van der Waals surface area (Å²) in [6.45, 7) is 4.70. The van der Waals surface area contributed by atoms with Crippen molar-refractivity contribution in [3.05, 3.63) is 17.7 Å². The molecular weight excluding hydrogens is 230 g/mol. The van der Waals surface area contributed by atoms with E-state index in [2.05, 4.69) is 9.88 Å². The molecule has 1 saturated heterocycles. The Morgan fingerprint density at radius 3 is 3.06 bits per heavy atom. The summed E-state index contributed by atoms with van der Waals surface area (Å²) in [6.07, 6.45) is 5.44. The first kappa shape index (κ1) is 12.1. The van der Waals surface area contributed by atoms with Gasteiger partial charge in [0, 0.05) is 37.9 Å². The summed E-state index contributed by atoms with van der Waals surface area (Å²) in [4.78, 5) is 6.88. The van der Waals surface area contributed by atoms with E-state index in [0.29, 0.717) is 0 Å². The number of fused-ring (bicyclic) bond motifs is 1. The lowest BCUT2D eigenvalue weighted by molar-refractivity contribution is 0.0370. The molecule has 1 aromatic rings. The zero-order valence-corrected chi connectivity index (χ0v) is 10.7. The number of aliphatic hydroxyl groups excluding tert-OH is 1. The maximum atomic E-state index is 10.1. The topological polar surface area (TPSA) is 50.5 Å². The molecule has 2 aliphatic rings. The lowest BCUT2D eigenvalue weighted by atomic mass is 10.1. The minimum atomic E-state index is -0.365. The molecule has 0 bridgehead atoms. The van der Waals surface area contributed by atoms with Gasteiger partial charge in [-0.1, -0.05) is 0 Å². The van der Waals surface area contributed by atoms with E-state index < -0.39 is 0 Å². The Balaban J connectivity index is 1.64. The van der Waals surface area contributed by atoms with E-state index in [0.717, 1.165) is 64.4 Å².